The molecule has 0 aliphatic carbocycles. The third-order valence-corrected chi connectivity index (χ3v) is 4.40. The van der Waals surface area contributed by atoms with Crippen LogP contribution in [0.5, 0.6) is 0 Å². The minimum absolute atomic E-state index is 0.00108. The highest BCUT2D eigenvalue weighted by Crippen LogP contribution is 2.30. The standard InChI is InChI=1S/C22H37NO3/c1-2-3-12-15-20-21(26-20)16-13-10-8-6-4-5-7-9-11-14-17-22(25)23-18-19-24/h4,6-7,9-10,13,20-21,24H,2-3,5,8,11-12,14-19H2,1H3,(H,23,25)/b6-4-,9-7-,13-10-/t20-,21+/m1/s1. The lowest BCUT2D eigenvalue weighted by Gasteiger charge is -2.00. The number of carbonyl (C=O) groups excluding carboxylic acids is 1. The predicted octanol–water partition coefficient (Wildman–Crippen LogP) is 4.45. The number of unbranched alkanes of at least 4 members (excludes halogenated alkanes) is 3. The summed E-state index contributed by atoms with van der Waals surface area (Å²) in [5.74, 6) is 0.0167. The van der Waals surface area contributed by atoms with E-state index in [-0.39, 0.29) is 12.5 Å². The van der Waals surface area contributed by atoms with Gasteiger partial charge in [0, 0.05) is 13.0 Å². The van der Waals surface area contributed by atoms with E-state index in [1.165, 1.54) is 25.7 Å². The maximum Gasteiger partial charge on any atom is 0.220 e. The lowest BCUT2D eigenvalue weighted by Crippen LogP contribution is -2.25. The van der Waals surface area contributed by atoms with Gasteiger partial charge in [0.1, 0.15) is 0 Å². The van der Waals surface area contributed by atoms with Crippen LogP contribution in [0.3, 0.4) is 0 Å². The maximum atomic E-state index is 11.3. The molecule has 1 rings (SSSR count). The smallest absolute Gasteiger partial charge is 0.220 e. The molecule has 1 amide bonds. The number of allylic oxidation sites excluding steroid dienone is 5. The van der Waals surface area contributed by atoms with Gasteiger partial charge in [0.15, 0.2) is 0 Å². The van der Waals surface area contributed by atoms with Crippen molar-refractivity contribution in [3.63, 3.8) is 0 Å². The summed E-state index contributed by atoms with van der Waals surface area (Å²) in [5, 5.41) is 11.3. The average Bonchev–Trinajstić information content (AvgIpc) is 3.39. The van der Waals surface area contributed by atoms with Crippen molar-refractivity contribution >= 4 is 5.91 Å². The van der Waals surface area contributed by atoms with Crippen molar-refractivity contribution in [3.8, 4) is 0 Å². The summed E-state index contributed by atoms with van der Waals surface area (Å²) in [7, 11) is 0. The van der Waals surface area contributed by atoms with Crippen molar-refractivity contribution in [2.45, 2.75) is 83.3 Å². The first-order chi connectivity index (χ1) is 12.8. The van der Waals surface area contributed by atoms with Crippen molar-refractivity contribution in [1.29, 1.82) is 0 Å². The Morgan fingerprint density at radius 3 is 2.46 bits per heavy atom. The third kappa shape index (κ3) is 12.9. The minimum Gasteiger partial charge on any atom is -0.395 e. The maximum absolute atomic E-state index is 11.3. The Kier molecular flexibility index (Phi) is 13.8. The fourth-order valence-corrected chi connectivity index (χ4v) is 2.79. The normalized spacial score (nSPS) is 19.8. The molecule has 1 aliphatic heterocycles. The Labute approximate surface area is 159 Å². The van der Waals surface area contributed by atoms with Gasteiger partial charge < -0.3 is 15.2 Å². The van der Waals surface area contributed by atoms with Gasteiger partial charge in [-0.3, -0.25) is 4.79 Å². The number of rotatable bonds is 16. The number of nitrogens with one attached hydrogen (secondary N) is 1. The quantitative estimate of drug-likeness (QED) is 0.242. The molecule has 4 heteroatoms. The van der Waals surface area contributed by atoms with Gasteiger partial charge in [0.25, 0.3) is 0 Å². The Bertz CT molecular complexity index is 443. The van der Waals surface area contributed by atoms with E-state index in [1.54, 1.807) is 0 Å². The number of hydrogen-bond donors (Lipinski definition) is 2. The van der Waals surface area contributed by atoms with Crippen molar-refractivity contribution in [2.24, 2.45) is 0 Å². The number of epoxide rings is 1. The number of aliphatic hydroxyl groups is 1. The molecule has 0 radical (unpaired) electrons. The Hall–Kier alpha value is -1.39. The molecule has 0 saturated carbocycles. The van der Waals surface area contributed by atoms with Crippen LogP contribution in [-0.4, -0.2) is 36.4 Å². The molecule has 0 bridgehead atoms. The van der Waals surface area contributed by atoms with Gasteiger partial charge in [-0.25, -0.2) is 0 Å². The van der Waals surface area contributed by atoms with Gasteiger partial charge >= 0.3 is 0 Å². The minimum atomic E-state index is 0.00108. The van der Waals surface area contributed by atoms with Crippen LogP contribution in [0.15, 0.2) is 36.5 Å². The molecule has 0 spiro atoms. The summed E-state index contributed by atoms with van der Waals surface area (Å²) in [6.45, 7) is 2.59. The largest absolute Gasteiger partial charge is 0.395 e. The molecular weight excluding hydrogens is 326 g/mol. The Morgan fingerprint density at radius 1 is 1.00 bits per heavy atom. The van der Waals surface area contributed by atoms with E-state index in [4.69, 9.17) is 9.84 Å². The molecule has 1 fully saturated rings. The van der Waals surface area contributed by atoms with Crippen LogP contribution in [-0.2, 0) is 9.53 Å². The van der Waals surface area contributed by atoms with E-state index in [1.807, 2.05) is 0 Å². The first-order valence-corrected chi connectivity index (χ1v) is 10.3. The second-order valence-corrected chi connectivity index (χ2v) is 6.80. The zero-order valence-corrected chi connectivity index (χ0v) is 16.4. The number of ether oxygens (including phenoxy) is 1. The van der Waals surface area contributed by atoms with Crippen LogP contribution in [0, 0.1) is 0 Å². The molecule has 0 aromatic carbocycles. The summed E-state index contributed by atoms with van der Waals surface area (Å²) >= 11 is 0. The zero-order valence-electron chi connectivity index (χ0n) is 16.4. The zero-order chi connectivity index (χ0) is 18.9. The summed E-state index contributed by atoms with van der Waals surface area (Å²) < 4.78 is 5.67. The highest BCUT2D eigenvalue weighted by molar-refractivity contribution is 5.75. The van der Waals surface area contributed by atoms with Gasteiger partial charge in [-0.15, -0.1) is 0 Å². The van der Waals surface area contributed by atoms with Crippen LogP contribution in [0.1, 0.15) is 71.1 Å². The van der Waals surface area contributed by atoms with Crippen LogP contribution in [0.2, 0.25) is 0 Å². The van der Waals surface area contributed by atoms with E-state index < -0.39 is 0 Å². The van der Waals surface area contributed by atoms with E-state index in [9.17, 15) is 4.79 Å². The van der Waals surface area contributed by atoms with Crippen molar-refractivity contribution in [3.05, 3.63) is 36.5 Å². The Balaban J connectivity index is 1.89. The van der Waals surface area contributed by atoms with E-state index in [2.05, 4.69) is 48.7 Å². The SMILES string of the molecule is CCCCC[C@H]1O[C@H]1C/C=C\C/C=C\C/C=C\CCCC(=O)NCCO. The van der Waals surface area contributed by atoms with Gasteiger partial charge in [-0.05, 0) is 38.5 Å². The van der Waals surface area contributed by atoms with Gasteiger partial charge in [0.05, 0.1) is 18.8 Å². The van der Waals surface area contributed by atoms with Crippen LogP contribution < -0.4 is 5.32 Å². The van der Waals surface area contributed by atoms with Crippen molar-refractivity contribution in [1.82, 2.24) is 5.32 Å². The lowest BCUT2D eigenvalue weighted by molar-refractivity contribution is -0.121. The second-order valence-electron chi connectivity index (χ2n) is 6.80. The predicted molar refractivity (Wildman–Crippen MR) is 108 cm³/mol. The molecule has 0 aromatic heterocycles. The first kappa shape index (κ1) is 22.7. The summed E-state index contributed by atoms with van der Waals surface area (Å²) in [5.41, 5.74) is 0. The summed E-state index contributed by atoms with van der Waals surface area (Å²) in [6, 6.07) is 0. The van der Waals surface area contributed by atoms with Gasteiger partial charge in [-0.1, -0.05) is 62.6 Å². The molecule has 26 heavy (non-hydrogen) atoms. The van der Waals surface area contributed by atoms with Crippen LogP contribution in [0.4, 0.5) is 0 Å². The van der Waals surface area contributed by atoms with E-state index in [0.717, 1.165) is 32.1 Å². The van der Waals surface area contributed by atoms with E-state index >= 15 is 0 Å². The molecule has 2 N–H and O–H groups in total. The average molecular weight is 364 g/mol. The van der Waals surface area contributed by atoms with Gasteiger partial charge in [0.2, 0.25) is 5.91 Å². The highest BCUT2D eigenvalue weighted by Gasteiger charge is 2.36. The fourth-order valence-electron chi connectivity index (χ4n) is 2.79. The van der Waals surface area contributed by atoms with E-state index in [0.29, 0.717) is 25.2 Å². The van der Waals surface area contributed by atoms with Crippen molar-refractivity contribution < 1.29 is 14.6 Å². The first-order valence-electron chi connectivity index (χ1n) is 10.3. The molecular formula is C22H37NO3. The molecule has 0 unspecified atom stereocenters. The molecule has 2 atom stereocenters. The topological polar surface area (TPSA) is 61.9 Å². The number of carbonyl (C=O) groups is 1. The summed E-state index contributed by atoms with van der Waals surface area (Å²) in [6.07, 6.45) is 24.5. The van der Waals surface area contributed by atoms with Crippen LogP contribution >= 0.6 is 0 Å². The van der Waals surface area contributed by atoms with Gasteiger partial charge in [-0.2, -0.15) is 0 Å². The second kappa shape index (κ2) is 15.8. The molecule has 1 saturated heterocycles. The molecule has 0 aromatic rings. The highest BCUT2D eigenvalue weighted by atomic mass is 16.6. The third-order valence-electron chi connectivity index (χ3n) is 4.40. The van der Waals surface area contributed by atoms with Crippen molar-refractivity contribution in [2.75, 3.05) is 13.2 Å². The molecule has 1 aliphatic rings. The summed E-state index contributed by atoms with van der Waals surface area (Å²) in [4.78, 5) is 11.3. The molecule has 4 nitrogen and oxygen atoms in total. The molecule has 1 heterocycles. The number of aliphatic hydroxyl groups excluding tert-OH is 1. The number of hydrogen-bond acceptors (Lipinski definition) is 3. The van der Waals surface area contributed by atoms with Crippen LogP contribution in [0.25, 0.3) is 0 Å². The Morgan fingerprint density at radius 2 is 1.73 bits per heavy atom. The number of amides is 1. The lowest BCUT2D eigenvalue weighted by atomic mass is 10.1. The fraction of sp³-hybridized carbons (Fsp3) is 0.682. The monoisotopic (exact) mass is 363 g/mol. The molecule has 148 valence electrons.